The molecule has 0 amide bonds. The van der Waals surface area contributed by atoms with Crippen molar-refractivity contribution in [2.75, 3.05) is 19.0 Å². The van der Waals surface area contributed by atoms with Crippen LogP contribution < -0.4 is 5.32 Å². The molecular weight excluding hydrogens is 250 g/mol. The van der Waals surface area contributed by atoms with Crippen LogP contribution in [0.5, 0.6) is 0 Å². The van der Waals surface area contributed by atoms with Crippen LogP contribution in [-0.4, -0.2) is 29.5 Å². The van der Waals surface area contributed by atoms with Crippen LogP contribution in [0.25, 0.3) is 0 Å². The van der Waals surface area contributed by atoms with Crippen LogP contribution in [-0.2, 0) is 11.3 Å². The molecule has 4 aliphatic rings. The summed E-state index contributed by atoms with van der Waals surface area (Å²) in [7, 11) is 1.73. The average molecular weight is 275 g/mol. The van der Waals surface area contributed by atoms with Crippen molar-refractivity contribution in [3.05, 3.63) is 12.4 Å². The van der Waals surface area contributed by atoms with E-state index in [9.17, 15) is 0 Å². The molecule has 0 unspecified atom stereocenters. The Kier molecular flexibility index (Phi) is 3.21. The molecule has 0 spiro atoms. The maximum atomic E-state index is 5.10. The molecule has 0 aliphatic heterocycles. The van der Waals surface area contributed by atoms with Gasteiger partial charge in [0.05, 0.1) is 25.0 Å². The van der Waals surface area contributed by atoms with E-state index in [4.69, 9.17) is 4.74 Å². The molecule has 4 fully saturated rings. The molecule has 0 aromatic carbocycles. The van der Waals surface area contributed by atoms with Crippen molar-refractivity contribution in [3.63, 3.8) is 0 Å². The minimum Gasteiger partial charge on any atom is -0.383 e. The minimum atomic E-state index is 0.697. The van der Waals surface area contributed by atoms with Gasteiger partial charge in [-0.05, 0) is 55.8 Å². The Morgan fingerprint density at radius 2 is 1.90 bits per heavy atom. The Labute approximate surface area is 120 Å². The molecule has 20 heavy (non-hydrogen) atoms. The smallest absolute Gasteiger partial charge is 0.0728 e. The van der Waals surface area contributed by atoms with Crippen molar-refractivity contribution in [1.82, 2.24) is 9.78 Å². The van der Waals surface area contributed by atoms with Crippen molar-refractivity contribution < 1.29 is 4.74 Å². The van der Waals surface area contributed by atoms with Gasteiger partial charge in [-0.2, -0.15) is 5.10 Å². The molecule has 0 radical (unpaired) electrons. The number of ether oxygens (including phenoxy) is 1. The van der Waals surface area contributed by atoms with Gasteiger partial charge in [-0.3, -0.25) is 4.68 Å². The lowest BCUT2D eigenvalue weighted by Crippen LogP contribution is -2.51. The summed E-state index contributed by atoms with van der Waals surface area (Å²) < 4.78 is 7.08. The topological polar surface area (TPSA) is 39.1 Å². The number of hydrogen-bond donors (Lipinski definition) is 1. The first-order chi connectivity index (χ1) is 9.81. The Bertz CT molecular complexity index is 442. The largest absolute Gasteiger partial charge is 0.383 e. The highest BCUT2D eigenvalue weighted by molar-refractivity contribution is 5.40. The summed E-state index contributed by atoms with van der Waals surface area (Å²) >= 11 is 0. The fraction of sp³-hybridized carbons (Fsp3) is 0.812. The summed E-state index contributed by atoms with van der Waals surface area (Å²) in [6.45, 7) is 1.55. The summed E-state index contributed by atoms with van der Waals surface area (Å²) in [4.78, 5) is 0. The van der Waals surface area contributed by atoms with E-state index in [1.165, 1.54) is 37.8 Å². The van der Waals surface area contributed by atoms with Crippen LogP contribution >= 0.6 is 0 Å². The first kappa shape index (κ1) is 12.7. The maximum absolute atomic E-state index is 5.10. The van der Waals surface area contributed by atoms with E-state index in [-0.39, 0.29) is 0 Å². The summed E-state index contributed by atoms with van der Waals surface area (Å²) in [6.07, 6.45) is 11.5. The molecule has 4 heteroatoms. The third-order valence-corrected chi connectivity index (χ3v) is 5.72. The zero-order chi connectivity index (χ0) is 13.5. The summed E-state index contributed by atoms with van der Waals surface area (Å²) in [5, 5.41) is 8.21. The number of hydrogen-bond acceptors (Lipinski definition) is 3. The lowest BCUT2D eigenvalue weighted by Gasteiger charge is -2.54. The number of nitrogens with one attached hydrogen (secondary N) is 1. The van der Waals surface area contributed by atoms with Gasteiger partial charge in [-0.15, -0.1) is 0 Å². The summed E-state index contributed by atoms with van der Waals surface area (Å²) in [5.41, 5.74) is 1.19. The molecule has 110 valence electrons. The van der Waals surface area contributed by atoms with Crippen molar-refractivity contribution in [2.45, 2.75) is 44.7 Å². The maximum Gasteiger partial charge on any atom is 0.0728 e. The van der Waals surface area contributed by atoms with E-state index in [0.29, 0.717) is 6.04 Å². The van der Waals surface area contributed by atoms with E-state index in [1.807, 2.05) is 10.9 Å². The summed E-state index contributed by atoms with van der Waals surface area (Å²) in [6, 6.07) is 0.697. The molecule has 5 rings (SSSR count). The van der Waals surface area contributed by atoms with Gasteiger partial charge >= 0.3 is 0 Å². The van der Waals surface area contributed by atoms with Gasteiger partial charge < -0.3 is 10.1 Å². The first-order valence-corrected chi connectivity index (χ1v) is 8.09. The zero-order valence-electron chi connectivity index (χ0n) is 12.3. The molecular formula is C16H25N3O. The molecule has 1 aromatic rings. The van der Waals surface area contributed by atoms with Crippen molar-refractivity contribution in [1.29, 1.82) is 0 Å². The van der Waals surface area contributed by atoms with E-state index in [1.54, 1.807) is 7.11 Å². The second-order valence-electron chi connectivity index (χ2n) is 7.09. The van der Waals surface area contributed by atoms with Crippen molar-refractivity contribution in [2.24, 2.45) is 23.7 Å². The average Bonchev–Trinajstić information content (AvgIpc) is 2.87. The van der Waals surface area contributed by atoms with Gasteiger partial charge in [0.2, 0.25) is 0 Å². The predicted molar refractivity (Wildman–Crippen MR) is 78.6 cm³/mol. The number of methoxy groups -OCH3 is 1. The first-order valence-electron chi connectivity index (χ1n) is 8.09. The van der Waals surface area contributed by atoms with Gasteiger partial charge in [0.25, 0.3) is 0 Å². The quantitative estimate of drug-likeness (QED) is 0.898. The fourth-order valence-electron chi connectivity index (χ4n) is 5.10. The van der Waals surface area contributed by atoms with Crippen LogP contribution in [0, 0.1) is 23.7 Å². The van der Waals surface area contributed by atoms with E-state index < -0.39 is 0 Å². The molecule has 1 aromatic heterocycles. The number of rotatable bonds is 5. The second-order valence-corrected chi connectivity index (χ2v) is 7.09. The molecule has 4 saturated carbocycles. The van der Waals surface area contributed by atoms with Crippen LogP contribution in [0.2, 0.25) is 0 Å². The highest BCUT2D eigenvalue weighted by Gasteiger charge is 2.48. The minimum absolute atomic E-state index is 0.697. The van der Waals surface area contributed by atoms with Crippen molar-refractivity contribution in [3.8, 4) is 0 Å². The highest BCUT2D eigenvalue weighted by Crippen LogP contribution is 2.54. The van der Waals surface area contributed by atoms with Gasteiger partial charge in [0.1, 0.15) is 0 Å². The van der Waals surface area contributed by atoms with Crippen LogP contribution in [0.4, 0.5) is 5.69 Å². The Morgan fingerprint density at radius 3 is 2.55 bits per heavy atom. The number of anilines is 1. The molecule has 1 heterocycles. The lowest BCUT2D eigenvalue weighted by atomic mass is 9.54. The molecule has 4 aliphatic carbocycles. The molecule has 4 bridgehead atoms. The molecule has 4 nitrogen and oxygen atoms in total. The lowest BCUT2D eigenvalue weighted by molar-refractivity contribution is 0.00754. The van der Waals surface area contributed by atoms with Crippen LogP contribution in [0.1, 0.15) is 32.1 Å². The summed E-state index contributed by atoms with van der Waals surface area (Å²) in [5.74, 6) is 3.90. The SMILES string of the molecule is COCCn1cc(NC2C3CC4CC(C3)CC2C4)cn1. The predicted octanol–water partition coefficient (Wildman–Crippen LogP) is 2.77. The molecule has 0 saturated heterocycles. The van der Waals surface area contributed by atoms with Crippen molar-refractivity contribution >= 4 is 5.69 Å². The molecule has 0 atom stereocenters. The fourth-order valence-corrected chi connectivity index (χ4v) is 5.10. The highest BCUT2D eigenvalue weighted by atomic mass is 16.5. The Morgan fingerprint density at radius 1 is 1.20 bits per heavy atom. The Balaban J connectivity index is 1.42. The van der Waals surface area contributed by atoms with E-state index in [0.717, 1.165) is 36.8 Å². The van der Waals surface area contributed by atoms with Gasteiger partial charge in [-0.25, -0.2) is 0 Å². The molecule has 1 N–H and O–H groups in total. The van der Waals surface area contributed by atoms with Gasteiger partial charge in [0, 0.05) is 19.3 Å². The zero-order valence-corrected chi connectivity index (χ0v) is 12.3. The van der Waals surface area contributed by atoms with Gasteiger partial charge in [-0.1, -0.05) is 0 Å². The van der Waals surface area contributed by atoms with E-state index in [2.05, 4.69) is 16.6 Å². The normalized spacial score (nSPS) is 38.4. The monoisotopic (exact) mass is 275 g/mol. The number of aromatic nitrogens is 2. The van der Waals surface area contributed by atoms with Gasteiger partial charge in [0.15, 0.2) is 0 Å². The van der Waals surface area contributed by atoms with E-state index >= 15 is 0 Å². The Hall–Kier alpha value is -1.03. The van der Waals surface area contributed by atoms with Crippen LogP contribution in [0.15, 0.2) is 12.4 Å². The second kappa shape index (κ2) is 5.06. The number of nitrogens with zero attached hydrogens (tertiary/aromatic N) is 2. The van der Waals surface area contributed by atoms with Crippen LogP contribution in [0.3, 0.4) is 0 Å². The standard InChI is InChI=1S/C16H25N3O/c1-20-3-2-19-10-15(9-17-19)18-16-13-5-11-4-12(7-13)8-14(16)6-11/h9-14,16,18H,2-8H2,1H3. The third kappa shape index (κ3) is 2.24. The third-order valence-electron chi connectivity index (χ3n) is 5.72.